The van der Waals surface area contributed by atoms with E-state index in [1.807, 2.05) is 30.3 Å². The minimum absolute atomic E-state index is 0.170. The van der Waals surface area contributed by atoms with Crippen LogP contribution in [-0.4, -0.2) is 26.6 Å². The van der Waals surface area contributed by atoms with Gasteiger partial charge in [0.25, 0.3) is 11.5 Å². The molecular formula is C22H19FN4O3. The topological polar surface area (TPSA) is 88.9 Å². The van der Waals surface area contributed by atoms with Crippen molar-refractivity contribution in [2.24, 2.45) is 7.05 Å². The summed E-state index contributed by atoms with van der Waals surface area (Å²) in [4.78, 5) is 40.9. The van der Waals surface area contributed by atoms with Crippen molar-refractivity contribution in [1.82, 2.24) is 19.4 Å². The van der Waals surface area contributed by atoms with Gasteiger partial charge >= 0.3 is 5.69 Å². The highest BCUT2D eigenvalue weighted by atomic mass is 19.1. The molecule has 152 valence electrons. The second kappa shape index (κ2) is 7.82. The first-order valence-corrected chi connectivity index (χ1v) is 9.38. The highest BCUT2D eigenvalue weighted by Gasteiger charge is 2.20. The molecule has 2 heterocycles. The average molecular weight is 406 g/mol. The van der Waals surface area contributed by atoms with E-state index in [9.17, 15) is 18.8 Å². The van der Waals surface area contributed by atoms with Gasteiger partial charge in [-0.15, -0.1) is 0 Å². The molecular weight excluding hydrogens is 387 g/mol. The minimum atomic E-state index is -0.705. The Balaban J connectivity index is 1.67. The van der Waals surface area contributed by atoms with E-state index in [2.05, 4.69) is 10.3 Å². The van der Waals surface area contributed by atoms with Crippen molar-refractivity contribution in [1.29, 1.82) is 0 Å². The third-order valence-electron chi connectivity index (χ3n) is 4.89. The number of carbonyl (C=O) groups is 1. The van der Waals surface area contributed by atoms with Crippen molar-refractivity contribution in [2.45, 2.75) is 6.42 Å². The number of benzene rings is 2. The maximum absolute atomic E-state index is 13.2. The van der Waals surface area contributed by atoms with E-state index in [0.29, 0.717) is 13.0 Å². The second-order valence-electron chi connectivity index (χ2n) is 6.92. The number of nitrogens with one attached hydrogen (secondary N) is 2. The standard InChI is InChI=1S/C22H19FN4O3/c1-26-13-17(20(28)24-12-11-14-5-3-2-4-6-14)18-19(26)21(29)27(22(30)25-18)16-9-7-15(23)8-10-16/h2-10,13H,11-12H2,1H3,(H,24,28)(H,25,30). The number of aromatic amines is 1. The number of H-pyrrole nitrogens is 1. The smallest absolute Gasteiger partial charge is 0.333 e. The Morgan fingerprint density at radius 3 is 2.47 bits per heavy atom. The largest absolute Gasteiger partial charge is 0.352 e. The molecule has 0 aliphatic rings. The molecule has 4 rings (SSSR count). The molecule has 30 heavy (non-hydrogen) atoms. The van der Waals surface area contributed by atoms with E-state index >= 15 is 0 Å². The Bertz CT molecular complexity index is 1340. The Labute approximate surface area is 170 Å². The third-order valence-corrected chi connectivity index (χ3v) is 4.89. The monoisotopic (exact) mass is 406 g/mol. The molecule has 0 bridgehead atoms. The SMILES string of the molecule is Cn1cc(C(=O)NCCc2ccccc2)c2[nH]c(=O)n(-c3ccc(F)cc3)c(=O)c21. The van der Waals surface area contributed by atoms with Crippen LogP contribution >= 0.6 is 0 Å². The van der Waals surface area contributed by atoms with Gasteiger partial charge in [-0.3, -0.25) is 9.59 Å². The average Bonchev–Trinajstić information content (AvgIpc) is 3.06. The van der Waals surface area contributed by atoms with E-state index in [4.69, 9.17) is 0 Å². The molecule has 2 aromatic heterocycles. The molecule has 0 saturated heterocycles. The lowest BCUT2D eigenvalue weighted by Crippen LogP contribution is -2.34. The molecule has 2 aromatic carbocycles. The summed E-state index contributed by atoms with van der Waals surface area (Å²) >= 11 is 0. The first-order chi connectivity index (χ1) is 14.5. The highest BCUT2D eigenvalue weighted by molar-refractivity contribution is 6.05. The van der Waals surface area contributed by atoms with Crippen molar-refractivity contribution >= 4 is 16.9 Å². The first kappa shape index (κ1) is 19.4. The maximum atomic E-state index is 13.2. The van der Waals surface area contributed by atoms with Gasteiger partial charge in [0.1, 0.15) is 11.3 Å². The van der Waals surface area contributed by atoms with Crippen LogP contribution in [0, 0.1) is 5.82 Å². The van der Waals surface area contributed by atoms with Gasteiger partial charge in [-0.2, -0.15) is 0 Å². The van der Waals surface area contributed by atoms with Crippen molar-refractivity contribution in [3.05, 3.63) is 98.6 Å². The summed E-state index contributed by atoms with van der Waals surface area (Å²) in [5.74, 6) is -0.858. The lowest BCUT2D eigenvalue weighted by atomic mass is 10.1. The molecule has 8 heteroatoms. The molecule has 0 radical (unpaired) electrons. The summed E-state index contributed by atoms with van der Waals surface area (Å²) in [6.07, 6.45) is 2.17. The summed E-state index contributed by atoms with van der Waals surface area (Å²) in [5.41, 5.74) is 0.581. The Hall–Kier alpha value is -3.94. The molecule has 7 nitrogen and oxygen atoms in total. The number of amides is 1. The predicted molar refractivity (Wildman–Crippen MR) is 112 cm³/mol. The van der Waals surface area contributed by atoms with Crippen LogP contribution in [0.15, 0.2) is 70.4 Å². The van der Waals surface area contributed by atoms with Crippen molar-refractivity contribution in [3.63, 3.8) is 0 Å². The fourth-order valence-corrected chi connectivity index (χ4v) is 3.43. The van der Waals surface area contributed by atoms with E-state index in [-0.39, 0.29) is 28.2 Å². The van der Waals surface area contributed by atoms with Crippen LogP contribution in [0.3, 0.4) is 0 Å². The number of hydrogen-bond donors (Lipinski definition) is 2. The van der Waals surface area contributed by atoms with Crippen molar-refractivity contribution in [3.8, 4) is 5.69 Å². The highest BCUT2D eigenvalue weighted by Crippen LogP contribution is 2.15. The molecule has 0 aliphatic heterocycles. The van der Waals surface area contributed by atoms with Crippen LogP contribution in [0.5, 0.6) is 0 Å². The minimum Gasteiger partial charge on any atom is -0.352 e. The molecule has 0 saturated carbocycles. The lowest BCUT2D eigenvalue weighted by Gasteiger charge is -2.07. The number of rotatable bonds is 5. The number of halogens is 1. The van der Waals surface area contributed by atoms with Crippen LogP contribution < -0.4 is 16.6 Å². The Kier molecular flexibility index (Phi) is 5.05. The number of fused-ring (bicyclic) bond motifs is 1. The zero-order valence-corrected chi connectivity index (χ0v) is 16.2. The maximum Gasteiger partial charge on any atom is 0.333 e. The molecule has 0 aliphatic carbocycles. The van der Waals surface area contributed by atoms with Crippen molar-refractivity contribution in [2.75, 3.05) is 6.54 Å². The van der Waals surface area contributed by atoms with Crippen LogP contribution in [0.1, 0.15) is 15.9 Å². The summed E-state index contributed by atoms with van der Waals surface area (Å²) in [7, 11) is 1.62. The number of carbonyl (C=O) groups excluding carboxylic acids is 1. The zero-order chi connectivity index (χ0) is 21.3. The van der Waals surface area contributed by atoms with E-state index in [1.165, 1.54) is 35.0 Å². The van der Waals surface area contributed by atoms with Crippen molar-refractivity contribution < 1.29 is 9.18 Å². The molecule has 2 N–H and O–H groups in total. The van der Waals surface area contributed by atoms with Gasteiger partial charge in [0, 0.05) is 19.8 Å². The molecule has 1 amide bonds. The van der Waals surface area contributed by atoms with Gasteiger partial charge in [-0.05, 0) is 36.2 Å². The number of nitrogens with zero attached hydrogens (tertiary/aromatic N) is 2. The van der Waals surface area contributed by atoms with Crippen LogP contribution in [-0.2, 0) is 13.5 Å². The number of aryl methyl sites for hydroxylation is 1. The first-order valence-electron chi connectivity index (χ1n) is 9.38. The Morgan fingerprint density at radius 1 is 1.07 bits per heavy atom. The fourth-order valence-electron chi connectivity index (χ4n) is 3.43. The van der Waals surface area contributed by atoms with Crippen LogP contribution in [0.4, 0.5) is 4.39 Å². The van der Waals surface area contributed by atoms with E-state index in [1.54, 1.807) is 7.05 Å². The predicted octanol–water partition coefficient (Wildman–Crippen LogP) is 2.13. The van der Waals surface area contributed by atoms with Crippen LogP contribution in [0.2, 0.25) is 0 Å². The summed E-state index contributed by atoms with van der Waals surface area (Å²) in [5, 5.41) is 2.82. The van der Waals surface area contributed by atoms with Gasteiger partial charge < -0.3 is 14.9 Å². The van der Waals surface area contributed by atoms with Crippen LogP contribution in [0.25, 0.3) is 16.7 Å². The van der Waals surface area contributed by atoms with E-state index < -0.39 is 17.1 Å². The van der Waals surface area contributed by atoms with Gasteiger partial charge in [0.2, 0.25) is 0 Å². The van der Waals surface area contributed by atoms with Gasteiger partial charge in [-0.1, -0.05) is 30.3 Å². The van der Waals surface area contributed by atoms with E-state index in [0.717, 1.165) is 10.1 Å². The number of aromatic nitrogens is 3. The molecule has 0 spiro atoms. The molecule has 0 fully saturated rings. The summed E-state index contributed by atoms with van der Waals surface area (Å²) < 4.78 is 15.6. The fraction of sp³-hybridized carbons (Fsp3) is 0.136. The zero-order valence-electron chi connectivity index (χ0n) is 16.2. The summed E-state index contributed by atoms with van der Waals surface area (Å²) in [6.45, 7) is 0.413. The van der Waals surface area contributed by atoms with Gasteiger partial charge in [0.15, 0.2) is 0 Å². The Morgan fingerprint density at radius 2 is 1.77 bits per heavy atom. The van der Waals surface area contributed by atoms with Gasteiger partial charge in [0.05, 0.1) is 16.8 Å². The molecule has 0 atom stereocenters. The summed E-state index contributed by atoms with van der Waals surface area (Å²) in [6, 6.07) is 14.8. The van der Waals surface area contributed by atoms with Gasteiger partial charge in [-0.25, -0.2) is 13.8 Å². The second-order valence-corrected chi connectivity index (χ2v) is 6.92. The number of hydrogen-bond acceptors (Lipinski definition) is 3. The molecule has 4 aromatic rings. The third kappa shape index (κ3) is 3.55. The quantitative estimate of drug-likeness (QED) is 0.532. The normalized spacial score (nSPS) is 11.0. The lowest BCUT2D eigenvalue weighted by molar-refractivity contribution is 0.0955. The molecule has 0 unspecified atom stereocenters.